The third-order valence-corrected chi connectivity index (χ3v) is 5.40. The van der Waals surface area contributed by atoms with Crippen LogP contribution >= 0.6 is 0 Å². The molecule has 2 rings (SSSR count). The highest BCUT2D eigenvalue weighted by Crippen LogP contribution is 2.34. The maximum Gasteiger partial charge on any atom is 0.311 e. The summed E-state index contributed by atoms with van der Waals surface area (Å²) in [5, 5.41) is 0. The molecule has 0 aromatic heterocycles. The molecule has 0 spiro atoms. The van der Waals surface area contributed by atoms with Crippen LogP contribution in [-0.4, -0.2) is 49.3 Å². The summed E-state index contributed by atoms with van der Waals surface area (Å²) >= 11 is 0. The fourth-order valence-electron chi connectivity index (χ4n) is 3.68. The first kappa shape index (κ1) is 18.5. The molecule has 0 aromatic rings. The number of hydrogen-bond acceptors (Lipinski definition) is 4. The van der Waals surface area contributed by atoms with Gasteiger partial charge in [-0.05, 0) is 52.6 Å². The minimum absolute atomic E-state index is 0.00707. The van der Waals surface area contributed by atoms with Crippen LogP contribution in [0.2, 0.25) is 0 Å². The summed E-state index contributed by atoms with van der Waals surface area (Å²) in [6.45, 7) is 11.9. The summed E-state index contributed by atoms with van der Waals surface area (Å²) in [6, 6.07) is 0. The number of rotatable bonds is 4. The number of allylic oxidation sites excluding steroid dienone is 2. The molecule has 0 N–H and O–H groups in total. The number of ether oxygens (including phenoxy) is 2. The normalized spacial score (nSPS) is 32.9. The lowest BCUT2D eigenvalue weighted by Gasteiger charge is -2.26. The van der Waals surface area contributed by atoms with E-state index < -0.39 is 0 Å². The molecule has 4 unspecified atom stereocenters. The Kier molecular flexibility index (Phi) is 7.09. The van der Waals surface area contributed by atoms with Crippen LogP contribution in [0, 0.1) is 11.8 Å². The Labute approximate surface area is 141 Å². The van der Waals surface area contributed by atoms with Crippen LogP contribution < -0.4 is 0 Å². The van der Waals surface area contributed by atoms with Gasteiger partial charge in [-0.3, -0.25) is 4.79 Å². The van der Waals surface area contributed by atoms with E-state index >= 15 is 0 Å². The SMILES string of the molecule is CCN(CC)CC1C(=O)OC2COC(C)CCC=C(C)CCC21. The largest absolute Gasteiger partial charge is 0.459 e. The summed E-state index contributed by atoms with van der Waals surface area (Å²) in [7, 11) is 0. The molecule has 132 valence electrons. The van der Waals surface area contributed by atoms with Crippen LogP contribution in [0.4, 0.5) is 0 Å². The van der Waals surface area contributed by atoms with Crippen LogP contribution in [0.3, 0.4) is 0 Å². The molecule has 4 heteroatoms. The maximum absolute atomic E-state index is 12.4. The molecular weight excluding hydrogens is 290 g/mol. The molecule has 2 aliphatic heterocycles. The van der Waals surface area contributed by atoms with Crippen molar-refractivity contribution in [1.82, 2.24) is 4.90 Å². The topological polar surface area (TPSA) is 38.8 Å². The maximum atomic E-state index is 12.4. The van der Waals surface area contributed by atoms with E-state index in [9.17, 15) is 4.79 Å². The van der Waals surface area contributed by atoms with Crippen molar-refractivity contribution in [3.05, 3.63) is 11.6 Å². The zero-order valence-electron chi connectivity index (χ0n) is 15.2. The Morgan fingerprint density at radius 3 is 2.70 bits per heavy atom. The van der Waals surface area contributed by atoms with Gasteiger partial charge in [-0.1, -0.05) is 25.5 Å². The lowest BCUT2D eigenvalue weighted by Crippen LogP contribution is -2.35. The first-order valence-electron chi connectivity index (χ1n) is 9.25. The molecule has 0 aliphatic carbocycles. The van der Waals surface area contributed by atoms with Crippen molar-refractivity contribution in [2.24, 2.45) is 11.8 Å². The van der Waals surface area contributed by atoms with Crippen molar-refractivity contribution in [3.63, 3.8) is 0 Å². The van der Waals surface area contributed by atoms with Gasteiger partial charge in [-0.25, -0.2) is 0 Å². The second kappa shape index (κ2) is 8.84. The van der Waals surface area contributed by atoms with Gasteiger partial charge < -0.3 is 14.4 Å². The molecule has 0 radical (unpaired) electrons. The second-order valence-electron chi connectivity index (χ2n) is 7.04. The first-order chi connectivity index (χ1) is 11.0. The van der Waals surface area contributed by atoms with Crippen molar-refractivity contribution in [2.45, 2.75) is 65.6 Å². The van der Waals surface area contributed by atoms with Crippen molar-refractivity contribution >= 4 is 5.97 Å². The molecule has 0 aromatic carbocycles. The fourth-order valence-corrected chi connectivity index (χ4v) is 3.68. The molecule has 2 aliphatic rings. The molecule has 1 fully saturated rings. The standard InChI is InChI=1S/C19H33NO3/c1-5-20(6-2)12-17-16-11-10-14(3)8-7-9-15(4)22-13-18(16)23-19(17)21/h8,15-18H,5-7,9-13H2,1-4H3. The molecule has 0 saturated carbocycles. The van der Waals surface area contributed by atoms with E-state index in [1.165, 1.54) is 5.57 Å². The van der Waals surface area contributed by atoms with Crippen LogP contribution in [0.25, 0.3) is 0 Å². The highest BCUT2D eigenvalue weighted by molar-refractivity contribution is 5.75. The molecule has 0 amide bonds. The fraction of sp³-hybridized carbons (Fsp3) is 0.842. The first-order valence-corrected chi connectivity index (χ1v) is 9.25. The molecule has 0 bridgehead atoms. The number of esters is 1. The highest BCUT2D eigenvalue weighted by atomic mass is 16.6. The lowest BCUT2D eigenvalue weighted by molar-refractivity contribution is -0.147. The molecule has 2 heterocycles. The van der Waals surface area contributed by atoms with E-state index in [0.29, 0.717) is 6.61 Å². The van der Waals surface area contributed by atoms with Crippen LogP contribution in [0.1, 0.15) is 53.4 Å². The molecule has 23 heavy (non-hydrogen) atoms. The number of carbonyl (C=O) groups excluding carboxylic acids is 1. The Bertz CT molecular complexity index is 417. The third kappa shape index (κ3) is 5.05. The van der Waals surface area contributed by atoms with Crippen LogP contribution in [0.15, 0.2) is 11.6 Å². The van der Waals surface area contributed by atoms with Gasteiger partial charge in [-0.15, -0.1) is 0 Å². The molecular formula is C19H33NO3. The Morgan fingerprint density at radius 1 is 1.26 bits per heavy atom. The summed E-state index contributed by atoms with van der Waals surface area (Å²) in [6.07, 6.45) is 6.66. The van der Waals surface area contributed by atoms with Gasteiger partial charge in [0.25, 0.3) is 0 Å². The Hall–Kier alpha value is -0.870. The van der Waals surface area contributed by atoms with Gasteiger partial charge in [-0.2, -0.15) is 0 Å². The highest BCUT2D eigenvalue weighted by Gasteiger charge is 2.44. The number of carbonyl (C=O) groups is 1. The van der Waals surface area contributed by atoms with E-state index in [0.717, 1.165) is 45.3 Å². The lowest BCUT2D eigenvalue weighted by atomic mass is 9.85. The minimum atomic E-state index is -0.0728. The van der Waals surface area contributed by atoms with E-state index in [4.69, 9.17) is 9.47 Å². The summed E-state index contributed by atoms with van der Waals surface area (Å²) in [5.41, 5.74) is 1.43. The van der Waals surface area contributed by atoms with E-state index in [1.54, 1.807) is 0 Å². The van der Waals surface area contributed by atoms with Gasteiger partial charge in [0.15, 0.2) is 0 Å². The van der Waals surface area contributed by atoms with Crippen molar-refractivity contribution in [3.8, 4) is 0 Å². The van der Waals surface area contributed by atoms with Gasteiger partial charge in [0.1, 0.15) is 6.10 Å². The van der Waals surface area contributed by atoms with Crippen LogP contribution in [-0.2, 0) is 14.3 Å². The average Bonchev–Trinajstić information content (AvgIpc) is 2.81. The second-order valence-corrected chi connectivity index (χ2v) is 7.04. The molecule has 4 atom stereocenters. The van der Waals surface area contributed by atoms with E-state index in [2.05, 4.69) is 38.7 Å². The average molecular weight is 323 g/mol. The van der Waals surface area contributed by atoms with E-state index in [1.807, 2.05) is 0 Å². The Balaban J connectivity index is 2.11. The van der Waals surface area contributed by atoms with Crippen molar-refractivity contribution in [2.75, 3.05) is 26.2 Å². The number of hydrogen-bond donors (Lipinski definition) is 0. The van der Waals surface area contributed by atoms with Crippen molar-refractivity contribution < 1.29 is 14.3 Å². The number of nitrogens with zero attached hydrogens (tertiary/aromatic N) is 1. The summed E-state index contributed by atoms with van der Waals surface area (Å²) in [4.78, 5) is 14.7. The van der Waals surface area contributed by atoms with Crippen molar-refractivity contribution in [1.29, 1.82) is 0 Å². The molecule has 1 saturated heterocycles. The van der Waals surface area contributed by atoms with Gasteiger partial charge >= 0.3 is 5.97 Å². The number of fused-ring (bicyclic) bond motifs is 1. The van der Waals surface area contributed by atoms with Gasteiger partial charge in [0, 0.05) is 12.5 Å². The minimum Gasteiger partial charge on any atom is -0.459 e. The predicted octanol–water partition coefficient (Wildman–Crippen LogP) is 3.41. The monoisotopic (exact) mass is 323 g/mol. The summed E-state index contributed by atoms with van der Waals surface area (Å²) < 4.78 is 11.7. The van der Waals surface area contributed by atoms with Gasteiger partial charge in [0.05, 0.1) is 18.6 Å². The zero-order valence-corrected chi connectivity index (χ0v) is 15.2. The van der Waals surface area contributed by atoms with Crippen LogP contribution in [0.5, 0.6) is 0 Å². The predicted molar refractivity (Wildman–Crippen MR) is 92.3 cm³/mol. The third-order valence-electron chi connectivity index (χ3n) is 5.40. The summed E-state index contributed by atoms with van der Waals surface area (Å²) in [5.74, 6) is 0.242. The smallest absolute Gasteiger partial charge is 0.311 e. The quantitative estimate of drug-likeness (QED) is 0.587. The zero-order chi connectivity index (χ0) is 16.8. The van der Waals surface area contributed by atoms with Gasteiger partial charge in [0.2, 0.25) is 0 Å². The molecule has 4 nitrogen and oxygen atoms in total. The Morgan fingerprint density at radius 2 is 2.00 bits per heavy atom. The van der Waals surface area contributed by atoms with E-state index in [-0.39, 0.29) is 30.0 Å².